The van der Waals surface area contributed by atoms with Crippen LogP contribution in [0.1, 0.15) is 80.5 Å². The molecule has 1 N–H and O–H groups in total. The summed E-state index contributed by atoms with van der Waals surface area (Å²) in [7, 11) is 1.64. The Morgan fingerprint density at radius 2 is 1.57 bits per heavy atom. The van der Waals surface area contributed by atoms with Crippen LogP contribution in [0.15, 0.2) is 78.9 Å². The molecule has 0 saturated heterocycles. The lowest BCUT2D eigenvalue weighted by Gasteiger charge is -2.33. The molecule has 3 aromatic carbocycles. The van der Waals surface area contributed by atoms with Crippen LogP contribution in [-0.4, -0.2) is 35.9 Å². The highest BCUT2D eigenvalue weighted by molar-refractivity contribution is 5.88. The second-order valence-corrected chi connectivity index (χ2v) is 11.3. The van der Waals surface area contributed by atoms with Crippen molar-refractivity contribution in [3.05, 3.63) is 101 Å². The number of nitrogens with zero attached hydrogens (tertiary/aromatic N) is 1. The number of carbonyl (C=O) groups excluding carboxylic acids is 2. The Kier molecular flexibility index (Phi) is 10.8. The minimum atomic E-state index is -0.605. The lowest BCUT2D eigenvalue weighted by molar-refractivity contribution is -0.141. The number of hydrogen-bond acceptors (Lipinski definition) is 3. The van der Waals surface area contributed by atoms with Gasteiger partial charge in [-0.15, -0.1) is 0 Å². The third-order valence-electron chi connectivity index (χ3n) is 7.98. The minimum absolute atomic E-state index is 0.0181. The number of amides is 2. The van der Waals surface area contributed by atoms with Crippen LogP contribution < -0.4 is 10.1 Å². The number of rotatable bonds is 12. The predicted octanol–water partition coefficient (Wildman–Crippen LogP) is 6.84. The molecule has 1 aliphatic rings. The van der Waals surface area contributed by atoms with Crippen molar-refractivity contribution < 1.29 is 14.3 Å². The molecular formula is C35H44N2O3. The lowest BCUT2D eigenvalue weighted by Crippen LogP contribution is -2.52. The Balaban J connectivity index is 1.60. The Hall–Kier alpha value is -3.60. The van der Waals surface area contributed by atoms with E-state index >= 15 is 0 Å². The molecule has 40 heavy (non-hydrogen) atoms. The monoisotopic (exact) mass is 540 g/mol. The SMILES string of the molecule is COc1cccc(CN(C(=O)CCc2ccc(C(C)C)cc2)[C@H](Cc2ccccc2)C(=O)NC2CCCCC2)c1. The number of carbonyl (C=O) groups is 2. The summed E-state index contributed by atoms with van der Waals surface area (Å²) in [5.74, 6) is 1.13. The van der Waals surface area contributed by atoms with Gasteiger partial charge >= 0.3 is 0 Å². The van der Waals surface area contributed by atoms with Gasteiger partial charge in [-0.25, -0.2) is 0 Å². The van der Waals surface area contributed by atoms with Gasteiger partial charge < -0.3 is 15.0 Å². The maximum absolute atomic E-state index is 14.0. The quantitative estimate of drug-likeness (QED) is 0.274. The normalized spacial score (nSPS) is 14.5. The van der Waals surface area contributed by atoms with E-state index in [1.54, 1.807) is 12.0 Å². The molecule has 0 heterocycles. The smallest absolute Gasteiger partial charge is 0.243 e. The molecule has 1 aliphatic carbocycles. The molecule has 0 bridgehead atoms. The number of aryl methyl sites for hydroxylation is 1. The highest BCUT2D eigenvalue weighted by atomic mass is 16.5. The summed E-state index contributed by atoms with van der Waals surface area (Å²) in [6.07, 6.45) is 6.93. The first-order chi connectivity index (χ1) is 19.4. The van der Waals surface area contributed by atoms with Gasteiger partial charge in [0.2, 0.25) is 11.8 Å². The third kappa shape index (κ3) is 8.45. The standard InChI is InChI=1S/C35H44N2O3/c1-26(2)30-20-17-27(18-21-30)19-22-34(38)37(25-29-13-10-16-32(23-29)40-3)33(24-28-11-6-4-7-12-28)35(39)36-31-14-8-5-9-15-31/h4,6-7,10-13,16-18,20-21,23,26,31,33H,5,8-9,14-15,19,22,24-25H2,1-3H3,(H,36,39)/t33-/m1/s1. The second kappa shape index (κ2) is 14.7. The number of methoxy groups -OCH3 is 1. The molecule has 212 valence electrons. The average Bonchev–Trinajstić information content (AvgIpc) is 2.99. The van der Waals surface area contributed by atoms with E-state index in [-0.39, 0.29) is 17.9 Å². The van der Waals surface area contributed by atoms with Crippen molar-refractivity contribution in [2.75, 3.05) is 7.11 Å². The van der Waals surface area contributed by atoms with Crippen LogP contribution in [0.3, 0.4) is 0 Å². The van der Waals surface area contributed by atoms with Crippen molar-refractivity contribution in [2.24, 2.45) is 0 Å². The molecule has 1 fully saturated rings. The molecule has 1 saturated carbocycles. The van der Waals surface area contributed by atoms with Gasteiger partial charge in [-0.05, 0) is 59.6 Å². The fourth-order valence-corrected chi connectivity index (χ4v) is 5.53. The van der Waals surface area contributed by atoms with E-state index < -0.39 is 6.04 Å². The summed E-state index contributed by atoms with van der Waals surface area (Å²) in [6.45, 7) is 4.71. The molecule has 4 rings (SSSR count). The van der Waals surface area contributed by atoms with E-state index in [9.17, 15) is 9.59 Å². The molecule has 5 nitrogen and oxygen atoms in total. The zero-order chi connectivity index (χ0) is 28.3. The summed E-state index contributed by atoms with van der Waals surface area (Å²) in [6, 6.07) is 25.9. The fraction of sp³-hybridized carbons (Fsp3) is 0.429. The van der Waals surface area contributed by atoms with E-state index in [0.717, 1.165) is 48.1 Å². The number of benzene rings is 3. The summed E-state index contributed by atoms with van der Waals surface area (Å²) < 4.78 is 5.45. The van der Waals surface area contributed by atoms with Gasteiger partial charge in [0, 0.05) is 25.4 Å². The lowest BCUT2D eigenvalue weighted by atomic mass is 9.94. The van der Waals surface area contributed by atoms with E-state index in [1.807, 2.05) is 54.6 Å². The molecule has 2 amide bonds. The molecule has 3 aromatic rings. The van der Waals surface area contributed by atoms with Gasteiger partial charge in [-0.2, -0.15) is 0 Å². The van der Waals surface area contributed by atoms with Gasteiger partial charge in [0.25, 0.3) is 0 Å². The summed E-state index contributed by atoms with van der Waals surface area (Å²) in [5.41, 5.74) is 4.40. The molecule has 0 unspecified atom stereocenters. The van der Waals surface area contributed by atoms with Crippen molar-refractivity contribution in [1.29, 1.82) is 0 Å². The number of ether oxygens (including phenoxy) is 1. The molecule has 5 heteroatoms. The Morgan fingerprint density at radius 1 is 0.875 bits per heavy atom. The first-order valence-electron chi connectivity index (χ1n) is 14.8. The van der Waals surface area contributed by atoms with Crippen LogP contribution in [0.5, 0.6) is 5.75 Å². The predicted molar refractivity (Wildman–Crippen MR) is 161 cm³/mol. The summed E-state index contributed by atoms with van der Waals surface area (Å²) >= 11 is 0. The topological polar surface area (TPSA) is 58.6 Å². The maximum Gasteiger partial charge on any atom is 0.243 e. The Morgan fingerprint density at radius 3 is 2.25 bits per heavy atom. The minimum Gasteiger partial charge on any atom is -0.497 e. The first kappa shape index (κ1) is 29.4. The van der Waals surface area contributed by atoms with E-state index in [1.165, 1.54) is 12.0 Å². The fourth-order valence-electron chi connectivity index (χ4n) is 5.53. The highest BCUT2D eigenvalue weighted by Crippen LogP contribution is 2.22. The second-order valence-electron chi connectivity index (χ2n) is 11.3. The van der Waals surface area contributed by atoms with Gasteiger partial charge in [0.15, 0.2) is 0 Å². The molecule has 0 spiro atoms. The van der Waals surface area contributed by atoms with Crippen LogP contribution in [-0.2, 0) is 29.0 Å². The van der Waals surface area contributed by atoms with E-state index in [4.69, 9.17) is 4.74 Å². The summed E-state index contributed by atoms with van der Waals surface area (Å²) in [4.78, 5) is 29.7. The van der Waals surface area contributed by atoms with Crippen LogP contribution in [0.25, 0.3) is 0 Å². The van der Waals surface area contributed by atoms with Gasteiger partial charge in [-0.1, -0.05) is 99.8 Å². The number of hydrogen-bond donors (Lipinski definition) is 1. The number of nitrogens with one attached hydrogen (secondary N) is 1. The maximum atomic E-state index is 14.0. The first-order valence-corrected chi connectivity index (χ1v) is 14.8. The highest BCUT2D eigenvalue weighted by Gasteiger charge is 2.31. The van der Waals surface area contributed by atoms with Crippen molar-refractivity contribution in [2.45, 2.75) is 89.8 Å². The van der Waals surface area contributed by atoms with Crippen molar-refractivity contribution in [3.63, 3.8) is 0 Å². The molecule has 0 aliphatic heterocycles. The molecule has 1 atom stereocenters. The van der Waals surface area contributed by atoms with Crippen LogP contribution in [0.2, 0.25) is 0 Å². The van der Waals surface area contributed by atoms with Gasteiger partial charge in [0.1, 0.15) is 11.8 Å². The molecule has 0 aromatic heterocycles. The Labute approximate surface area is 239 Å². The van der Waals surface area contributed by atoms with Crippen molar-refractivity contribution in [1.82, 2.24) is 10.2 Å². The van der Waals surface area contributed by atoms with Crippen molar-refractivity contribution >= 4 is 11.8 Å². The zero-order valence-corrected chi connectivity index (χ0v) is 24.3. The van der Waals surface area contributed by atoms with Gasteiger partial charge in [0.05, 0.1) is 7.11 Å². The van der Waals surface area contributed by atoms with Crippen LogP contribution >= 0.6 is 0 Å². The van der Waals surface area contributed by atoms with Crippen LogP contribution in [0, 0.1) is 0 Å². The van der Waals surface area contributed by atoms with Gasteiger partial charge in [-0.3, -0.25) is 9.59 Å². The van der Waals surface area contributed by atoms with Crippen molar-refractivity contribution in [3.8, 4) is 5.75 Å². The van der Waals surface area contributed by atoms with E-state index in [0.29, 0.717) is 31.7 Å². The molecule has 0 radical (unpaired) electrons. The molecular weight excluding hydrogens is 496 g/mol. The third-order valence-corrected chi connectivity index (χ3v) is 7.98. The largest absolute Gasteiger partial charge is 0.497 e. The average molecular weight is 541 g/mol. The van der Waals surface area contributed by atoms with E-state index in [2.05, 4.69) is 43.4 Å². The summed E-state index contributed by atoms with van der Waals surface area (Å²) in [5, 5.41) is 3.32. The zero-order valence-electron chi connectivity index (χ0n) is 24.3. The Bertz CT molecular complexity index is 1220. The van der Waals surface area contributed by atoms with Crippen LogP contribution in [0.4, 0.5) is 0 Å².